The summed E-state index contributed by atoms with van der Waals surface area (Å²) in [6, 6.07) is 0.320. The molecule has 1 aliphatic carbocycles. The summed E-state index contributed by atoms with van der Waals surface area (Å²) in [5.41, 5.74) is 0.247. The fourth-order valence-electron chi connectivity index (χ4n) is 2.54. The molecule has 0 bridgehead atoms. The van der Waals surface area contributed by atoms with Crippen molar-refractivity contribution in [3.8, 4) is 0 Å². The zero-order valence-electron chi connectivity index (χ0n) is 11.1. The minimum absolute atomic E-state index is 0.0133. The van der Waals surface area contributed by atoms with Gasteiger partial charge in [0.15, 0.2) is 0 Å². The molecular formula is C13H22N2O3. The third kappa shape index (κ3) is 3.15. The Hall–Kier alpha value is -1.26. The number of hydrogen-bond donors (Lipinski definition) is 2. The second-order valence-electron chi connectivity index (χ2n) is 6.22. The Morgan fingerprint density at radius 3 is 2.33 bits per heavy atom. The highest BCUT2D eigenvalue weighted by Gasteiger charge is 2.47. The maximum atomic E-state index is 12.0. The monoisotopic (exact) mass is 254 g/mol. The summed E-state index contributed by atoms with van der Waals surface area (Å²) in [5, 5.41) is 11.8. The average molecular weight is 254 g/mol. The molecule has 102 valence electrons. The van der Waals surface area contributed by atoms with Crippen molar-refractivity contribution in [3.63, 3.8) is 0 Å². The minimum atomic E-state index is -0.738. The van der Waals surface area contributed by atoms with E-state index in [9.17, 15) is 9.59 Å². The molecule has 0 radical (unpaired) electrons. The molecule has 2 rings (SSSR count). The molecule has 2 amide bonds. The number of carbonyl (C=O) groups is 2. The Kier molecular flexibility index (Phi) is 3.50. The van der Waals surface area contributed by atoms with E-state index >= 15 is 0 Å². The lowest BCUT2D eigenvalue weighted by Gasteiger charge is -2.31. The highest BCUT2D eigenvalue weighted by atomic mass is 16.4. The second-order valence-corrected chi connectivity index (χ2v) is 6.22. The van der Waals surface area contributed by atoms with Crippen molar-refractivity contribution >= 4 is 12.0 Å². The van der Waals surface area contributed by atoms with Crippen LogP contribution >= 0.6 is 0 Å². The number of carboxylic acid groups (broad SMARTS) is 1. The molecule has 18 heavy (non-hydrogen) atoms. The Morgan fingerprint density at radius 2 is 1.89 bits per heavy atom. The van der Waals surface area contributed by atoms with E-state index in [4.69, 9.17) is 5.11 Å². The van der Waals surface area contributed by atoms with Gasteiger partial charge in [-0.15, -0.1) is 0 Å². The van der Waals surface area contributed by atoms with Gasteiger partial charge in [-0.1, -0.05) is 13.8 Å². The predicted molar refractivity (Wildman–Crippen MR) is 67.3 cm³/mol. The molecule has 5 nitrogen and oxygen atoms in total. The van der Waals surface area contributed by atoms with Crippen LogP contribution in [0, 0.1) is 11.3 Å². The number of nitrogens with zero attached hydrogens (tertiary/aromatic N) is 1. The summed E-state index contributed by atoms with van der Waals surface area (Å²) in [4.78, 5) is 24.4. The Morgan fingerprint density at radius 1 is 1.33 bits per heavy atom. The van der Waals surface area contributed by atoms with Crippen molar-refractivity contribution in [1.82, 2.24) is 10.2 Å². The number of rotatable bonds is 3. The highest BCUT2D eigenvalue weighted by molar-refractivity contribution is 5.75. The van der Waals surface area contributed by atoms with Crippen molar-refractivity contribution in [3.05, 3.63) is 0 Å². The van der Waals surface area contributed by atoms with Crippen LogP contribution < -0.4 is 5.32 Å². The molecule has 1 unspecified atom stereocenters. The van der Waals surface area contributed by atoms with Crippen LogP contribution in [-0.2, 0) is 4.79 Å². The van der Waals surface area contributed by atoms with Crippen LogP contribution in [0.25, 0.3) is 0 Å². The van der Waals surface area contributed by atoms with Gasteiger partial charge in [-0.25, -0.2) is 4.79 Å². The van der Waals surface area contributed by atoms with Crippen LogP contribution in [0.3, 0.4) is 0 Å². The summed E-state index contributed by atoms with van der Waals surface area (Å²) in [7, 11) is 0. The van der Waals surface area contributed by atoms with Crippen molar-refractivity contribution in [2.75, 3.05) is 13.1 Å². The number of likely N-dealkylation sites (tertiary alicyclic amines) is 1. The summed E-state index contributed by atoms with van der Waals surface area (Å²) >= 11 is 0. The lowest BCUT2D eigenvalue weighted by atomic mass is 9.94. The summed E-state index contributed by atoms with van der Waals surface area (Å²) in [6.45, 7) is 5.65. The quantitative estimate of drug-likeness (QED) is 0.805. The number of urea groups is 1. The lowest BCUT2D eigenvalue weighted by molar-refractivity contribution is -0.138. The average Bonchev–Trinajstić information content (AvgIpc) is 2.86. The van der Waals surface area contributed by atoms with Gasteiger partial charge in [0.1, 0.15) is 0 Å². The first kappa shape index (κ1) is 13.2. The smallest absolute Gasteiger partial charge is 0.317 e. The summed E-state index contributed by atoms with van der Waals surface area (Å²) < 4.78 is 0. The van der Waals surface area contributed by atoms with Gasteiger partial charge in [-0.05, 0) is 30.6 Å². The van der Waals surface area contributed by atoms with Gasteiger partial charge in [-0.3, -0.25) is 4.79 Å². The number of nitrogens with one attached hydrogen (secondary N) is 1. The molecule has 1 heterocycles. The van der Waals surface area contributed by atoms with E-state index in [1.54, 1.807) is 0 Å². The largest absolute Gasteiger partial charge is 0.481 e. The number of carboxylic acids is 1. The first-order valence-corrected chi connectivity index (χ1v) is 6.66. The van der Waals surface area contributed by atoms with Crippen LogP contribution in [0.5, 0.6) is 0 Å². The van der Waals surface area contributed by atoms with E-state index in [0.717, 1.165) is 19.3 Å². The maximum Gasteiger partial charge on any atom is 0.317 e. The predicted octanol–water partition coefficient (Wildman–Crippen LogP) is 1.68. The van der Waals surface area contributed by atoms with Crippen LogP contribution in [0.1, 0.15) is 39.5 Å². The fraction of sp³-hybridized carbons (Fsp3) is 0.846. The molecular weight excluding hydrogens is 232 g/mol. The molecule has 1 aliphatic heterocycles. The van der Waals surface area contributed by atoms with Gasteiger partial charge in [-0.2, -0.15) is 0 Å². The third-order valence-electron chi connectivity index (χ3n) is 4.18. The summed E-state index contributed by atoms with van der Waals surface area (Å²) in [6.07, 6.45) is 2.88. The van der Waals surface area contributed by atoms with Crippen LogP contribution in [0.15, 0.2) is 0 Å². The van der Waals surface area contributed by atoms with E-state index in [1.165, 1.54) is 0 Å². The van der Waals surface area contributed by atoms with E-state index in [-0.39, 0.29) is 23.8 Å². The number of hydrogen-bond acceptors (Lipinski definition) is 2. The topological polar surface area (TPSA) is 69.6 Å². The minimum Gasteiger partial charge on any atom is -0.481 e. The van der Waals surface area contributed by atoms with Gasteiger partial charge in [0.2, 0.25) is 0 Å². The number of carbonyl (C=O) groups excluding carboxylic acids is 1. The standard InChI is InChI=1S/C13H22N2O3/c1-13(2)8-10(13)14-12(18)15-5-3-9(4-6-15)7-11(16)17/h9-10H,3-8H2,1-2H3,(H,14,18)(H,16,17). The molecule has 2 fully saturated rings. The Balaban J connectivity index is 1.72. The molecule has 0 spiro atoms. The molecule has 0 aromatic rings. The lowest BCUT2D eigenvalue weighted by Crippen LogP contribution is -2.46. The Labute approximate surface area is 108 Å². The van der Waals surface area contributed by atoms with Crippen LogP contribution in [-0.4, -0.2) is 41.1 Å². The van der Waals surface area contributed by atoms with Crippen LogP contribution in [0.4, 0.5) is 4.79 Å². The van der Waals surface area contributed by atoms with E-state index in [0.29, 0.717) is 19.1 Å². The highest BCUT2D eigenvalue weighted by Crippen LogP contribution is 2.44. The van der Waals surface area contributed by atoms with Crippen molar-refractivity contribution in [1.29, 1.82) is 0 Å². The summed E-state index contributed by atoms with van der Waals surface area (Å²) in [5.74, 6) is -0.512. The number of piperidine rings is 1. The molecule has 0 aromatic heterocycles. The number of amides is 2. The van der Waals surface area contributed by atoms with Crippen molar-refractivity contribution in [2.45, 2.75) is 45.6 Å². The zero-order valence-corrected chi connectivity index (χ0v) is 11.1. The van der Waals surface area contributed by atoms with E-state index < -0.39 is 5.97 Å². The van der Waals surface area contributed by atoms with Gasteiger partial charge in [0, 0.05) is 25.6 Å². The molecule has 1 saturated heterocycles. The molecule has 5 heteroatoms. The maximum absolute atomic E-state index is 12.0. The van der Waals surface area contributed by atoms with Gasteiger partial charge in [0.25, 0.3) is 0 Å². The normalized spacial score (nSPS) is 26.8. The second kappa shape index (κ2) is 4.78. The Bertz CT molecular complexity index is 346. The van der Waals surface area contributed by atoms with E-state index in [2.05, 4.69) is 19.2 Å². The van der Waals surface area contributed by atoms with Gasteiger partial charge >= 0.3 is 12.0 Å². The molecule has 1 saturated carbocycles. The van der Waals surface area contributed by atoms with Crippen molar-refractivity contribution < 1.29 is 14.7 Å². The van der Waals surface area contributed by atoms with Gasteiger partial charge < -0.3 is 15.3 Å². The van der Waals surface area contributed by atoms with Gasteiger partial charge in [0.05, 0.1) is 0 Å². The van der Waals surface area contributed by atoms with E-state index in [1.807, 2.05) is 4.90 Å². The van der Waals surface area contributed by atoms with Crippen LogP contribution in [0.2, 0.25) is 0 Å². The van der Waals surface area contributed by atoms with Crippen molar-refractivity contribution in [2.24, 2.45) is 11.3 Å². The first-order valence-electron chi connectivity index (χ1n) is 6.66. The third-order valence-corrected chi connectivity index (χ3v) is 4.18. The molecule has 2 N–H and O–H groups in total. The SMILES string of the molecule is CC1(C)CC1NC(=O)N1CCC(CC(=O)O)CC1. The number of aliphatic carboxylic acids is 1. The molecule has 0 aromatic carbocycles. The fourth-order valence-corrected chi connectivity index (χ4v) is 2.54. The first-order chi connectivity index (χ1) is 8.38. The zero-order chi connectivity index (χ0) is 13.3. The molecule has 1 atom stereocenters. The molecule has 2 aliphatic rings.